The summed E-state index contributed by atoms with van der Waals surface area (Å²) >= 11 is 7.64. The summed E-state index contributed by atoms with van der Waals surface area (Å²) in [7, 11) is 0. The second-order valence-corrected chi connectivity index (χ2v) is 9.12. The lowest BCUT2D eigenvalue weighted by atomic mass is 10.1. The summed E-state index contributed by atoms with van der Waals surface area (Å²) in [5.74, 6) is 0.456. The molecule has 0 spiro atoms. The molecule has 3 aromatic rings. The van der Waals surface area contributed by atoms with E-state index in [1.54, 1.807) is 42.5 Å². The Bertz CT molecular complexity index is 1230. The van der Waals surface area contributed by atoms with Crippen molar-refractivity contribution in [3.05, 3.63) is 88.3 Å². The lowest BCUT2D eigenvalue weighted by Crippen LogP contribution is -2.38. The second-order valence-electron chi connectivity index (χ2n) is 7.46. The maximum absolute atomic E-state index is 14.8. The van der Waals surface area contributed by atoms with Crippen LogP contribution in [0.1, 0.15) is 26.3 Å². The number of carbonyl (C=O) groups is 2. The Kier molecular flexibility index (Phi) is 7.44. The van der Waals surface area contributed by atoms with E-state index in [0.29, 0.717) is 16.4 Å². The second kappa shape index (κ2) is 10.7. The highest BCUT2D eigenvalue weighted by Crippen LogP contribution is 2.21. The number of thioether (sulfide) groups is 1. The van der Waals surface area contributed by atoms with Crippen LogP contribution in [0.25, 0.3) is 0 Å². The molecule has 2 aromatic carbocycles. The van der Waals surface area contributed by atoms with Gasteiger partial charge in [-0.2, -0.15) is 11.8 Å². The van der Waals surface area contributed by atoms with E-state index in [1.165, 1.54) is 18.3 Å². The van der Waals surface area contributed by atoms with E-state index in [2.05, 4.69) is 15.6 Å². The molecular weight excluding hydrogens is 477 g/mol. The standard InChI is InChI=1S/C24H21ClFN5O2S/c25-16-6-8-21(28-14-16)30-24(33)18-3-1-2-4-20(18)29-23(32)17-7-5-15(13-19(17)26)22(27)31-9-11-34-12-10-31/h1-8,13-14,27H,9-12H2,(H,29,32)(H,28,30,33). The number of aromatic nitrogens is 1. The minimum absolute atomic E-state index is 0.180. The van der Waals surface area contributed by atoms with Crippen molar-refractivity contribution in [3.8, 4) is 0 Å². The number of pyridine rings is 1. The fourth-order valence-electron chi connectivity index (χ4n) is 3.43. The highest BCUT2D eigenvalue weighted by atomic mass is 35.5. The van der Waals surface area contributed by atoms with Gasteiger partial charge in [-0.25, -0.2) is 9.37 Å². The van der Waals surface area contributed by atoms with Crippen LogP contribution in [-0.2, 0) is 0 Å². The maximum atomic E-state index is 14.8. The number of benzene rings is 2. The van der Waals surface area contributed by atoms with Crippen molar-refractivity contribution in [1.29, 1.82) is 5.41 Å². The first kappa shape index (κ1) is 23.7. The van der Waals surface area contributed by atoms with Crippen molar-refractivity contribution in [3.63, 3.8) is 0 Å². The molecule has 10 heteroatoms. The van der Waals surface area contributed by atoms with Crippen LogP contribution in [0, 0.1) is 11.2 Å². The predicted octanol–water partition coefficient (Wildman–Crippen LogP) is 4.75. The molecule has 0 saturated carbocycles. The third kappa shape index (κ3) is 5.55. The molecule has 7 nitrogen and oxygen atoms in total. The molecule has 2 heterocycles. The maximum Gasteiger partial charge on any atom is 0.258 e. The fraction of sp³-hybridized carbons (Fsp3) is 0.167. The van der Waals surface area contributed by atoms with E-state index in [-0.39, 0.29) is 22.6 Å². The van der Waals surface area contributed by atoms with Gasteiger partial charge in [-0.15, -0.1) is 0 Å². The minimum atomic E-state index is -0.738. The molecule has 3 N–H and O–H groups in total. The molecule has 4 rings (SSSR count). The van der Waals surface area contributed by atoms with Gasteiger partial charge in [0.2, 0.25) is 0 Å². The number of para-hydroxylation sites is 1. The monoisotopic (exact) mass is 497 g/mol. The zero-order valence-electron chi connectivity index (χ0n) is 18.0. The highest BCUT2D eigenvalue weighted by Gasteiger charge is 2.20. The predicted molar refractivity (Wildman–Crippen MR) is 134 cm³/mol. The van der Waals surface area contributed by atoms with E-state index in [4.69, 9.17) is 17.0 Å². The Morgan fingerprint density at radius 3 is 2.44 bits per heavy atom. The van der Waals surface area contributed by atoms with Crippen LogP contribution in [0.2, 0.25) is 5.02 Å². The number of nitrogens with one attached hydrogen (secondary N) is 3. The van der Waals surface area contributed by atoms with E-state index in [1.807, 2.05) is 16.7 Å². The number of hydrogen-bond acceptors (Lipinski definition) is 5. The molecular formula is C24H21ClFN5O2S. The van der Waals surface area contributed by atoms with E-state index in [9.17, 15) is 14.0 Å². The van der Waals surface area contributed by atoms with Crippen LogP contribution < -0.4 is 10.6 Å². The first-order valence-corrected chi connectivity index (χ1v) is 12.0. The third-order valence-electron chi connectivity index (χ3n) is 5.20. The Hall–Kier alpha value is -3.43. The van der Waals surface area contributed by atoms with Gasteiger partial charge in [-0.3, -0.25) is 15.0 Å². The van der Waals surface area contributed by atoms with Gasteiger partial charge in [0.15, 0.2) is 0 Å². The van der Waals surface area contributed by atoms with E-state index < -0.39 is 17.6 Å². The number of carbonyl (C=O) groups excluding carboxylic acids is 2. The molecule has 1 saturated heterocycles. The number of rotatable bonds is 5. The van der Waals surface area contributed by atoms with E-state index >= 15 is 0 Å². The Labute approximate surface area is 205 Å². The van der Waals surface area contributed by atoms with Crippen molar-refractivity contribution >= 4 is 52.5 Å². The van der Waals surface area contributed by atoms with Crippen LogP contribution in [0.15, 0.2) is 60.8 Å². The fourth-order valence-corrected chi connectivity index (χ4v) is 4.44. The molecule has 0 unspecified atom stereocenters. The summed E-state index contributed by atoms with van der Waals surface area (Å²) in [6, 6.07) is 13.7. The molecule has 34 heavy (non-hydrogen) atoms. The number of hydrogen-bond donors (Lipinski definition) is 3. The van der Waals surface area contributed by atoms with Crippen LogP contribution in [0.5, 0.6) is 0 Å². The molecule has 1 aliphatic rings. The first-order valence-electron chi connectivity index (χ1n) is 10.5. The SMILES string of the molecule is N=C(c1ccc(C(=O)Nc2ccccc2C(=O)Nc2ccc(Cl)cn2)c(F)c1)N1CCSCC1. The highest BCUT2D eigenvalue weighted by molar-refractivity contribution is 7.99. The number of nitrogens with zero attached hydrogens (tertiary/aromatic N) is 2. The molecule has 0 aliphatic carbocycles. The number of amides is 2. The number of halogens is 2. The zero-order valence-corrected chi connectivity index (χ0v) is 19.5. The molecule has 0 radical (unpaired) electrons. The molecule has 1 aliphatic heterocycles. The zero-order chi connectivity index (χ0) is 24.1. The Morgan fingerprint density at radius 1 is 1.00 bits per heavy atom. The smallest absolute Gasteiger partial charge is 0.258 e. The lowest BCUT2D eigenvalue weighted by Gasteiger charge is -2.28. The Balaban J connectivity index is 1.49. The van der Waals surface area contributed by atoms with Gasteiger partial charge in [-0.1, -0.05) is 29.8 Å². The molecule has 0 bridgehead atoms. The van der Waals surface area contributed by atoms with Gasteiger partial charge >= 0.3 is 0 Å². The summed E-state index contributed by atoms with van der Waals surface area (Å²) < 4.78 is 14.8. The van der Waals surface area contributed by atoms with Crippen molar-refractivity contribution in [1.82, 2.24) is 9.88 Å². The van der Waals surface area contributed by atoms with Gasteiger partial charge in [0.1, 0.15) is 17.5 Å². The normalized spacial score (nSPS) is 13.3. The van der Waals surface area contributed by atoms with Gasteiger partial charge in [0.25, 0.3) is 11.8 Å². The summed E-state index contributed by atoms with van der Waals surface area (Å²) in [5, 5.41) is 14.0. The number of anilines is 2. The van der Waals surface area contributed by atoms with Gasteiger partial charge < -0.3 is 15.5 Å². The van der Waals surface area contributed by atoms with Crippen molar-refractivity contribution in [2.75, 3.05) is 35.2 Å². The van der Waals surface area contributed by atoms with Crippen molar-refractivity contribution in [2.24, 2.45) is 0 Å². The summed E-state index contributed by atoms with van der Waals surface area (Å²) in [6.07, 6.45) is 1.40. The average molecular weight is 498 g/mol. The number of amidine groups is 1. The average Bonchev–Trinajstić information content (AvgIpc) is 2.85. The van der Waals surface area contributed by atoms with Crippen LogP contribution in [-0.4, -0.2) is 52.1 Å². The van der Waals surface area contributed by atoms with Crippen LogP contribution in [0.3, 0.4) is 0 Å². The molecule has 1 aromatic heterocycles. The topological polar surface area (TPSA) is 98.2 Å². The van der Waals surface area contributed by atoms with Gasteiger partial charge in [0.05, 0.1) is 21.8 Å². The van der Waals surface area contributed by atoms with Crippen LogP contribution >= 0.6 is 23.4 Å². The summed E-state index contributed by atoms with van der Waals surface area (Å²) in [4.78, 5) is 31.5. The van der Waals surface area contributed by atoms with Crippen LogP contribution in [0.4, 0.5) is 15.9 Å². The Morgan fingerprint density at radius 2 is 1.74 bits per heavy atom. The van der Waals surface area contributed by atoms with Crippen molar-refractivity contribution in [2.45, 2.75) is 0 Å². The largest absolute Gasteiger partial charge is 0.355 e. The molecule has 174 valence electrons. The van der Waals surface area contributed by atoms with Gasteiger partial charge in [0, 0.05) is 36.4 Å². The molecule has 1 fully saturated rings. The van der Waals surface area contributed by atoms with Gasteiger partial charge in [-0.05, 0) is 36.4 Å². The van der Waals surface area contributed by atoms with E-state index in [0.717, 1.165) is 24.6 Å². The summed E-state index contributed by atoms with van der Waals surface area (Å²) in [5.41, 5.74) is 0.645. The molecule has 2 amide bonds. The summed E-state index contributed by atoms with van der Waals surface area (Å²) in [6.45, 7) is 1.47. The lowest BCUT2D eigenvalue weighted by molar-refractivity contribution is 0.102. The third-order valence-corrected chi connectivity index (χ3v) is 6.37. The quantitative estimate of drug-likeness (QED) is 0.349. The first-order chi connectivity index (χ1) is 16.4. The minimum Gasteiger partial charge on any atom is -0.355 e. The van der Waals surface area contributed by atoms with Crippen molar-refractivity contribution < 1.29 is 14.0 Å². The molecule has 0 atom stereocenters.